The van der Waals surface area contributed by atoms with Gasteiger partial charge in [0, 0.05) is 11.9 Å². The van der Waals surface area contributed by atoms with Crippen LogP contribution in [0.25, 0.3) is 10.8 Å². The average molecular weight is 349 g/mol. The Kier molecular flexibility index (Phi) is 5.82. The molecule has 0 atom stereocenters. The molecule has 0 aliphatic carbocycles. The first kappa shape index (κ1) is 19.0. The first-order valence-corrected chi connectivity index (χ1v) is 8.37. The van der Waals surface area contributed by atoms with Gasteiger partial charge in [-0.25, -0.2) is 4.39 Å². The molecular formula is C19H24FNO4. The van der Waals surface area contributed by atoms with Gasteiger partial charge in [0.2, 0.25) is 5.88 Å². The molecule has 0 bridgehead atoms. The number of rotatable bonds is 7. The van der Waals surface area contributed by atoms with Gasteiger partial charge in [-0.05, 0) is 30.0 Å². The molecule has 0 aliphatic rings. The molecule has 0 saturated carbocycles. The third-order valence-electron chi connectivity index (χ3n) is 3.68. The third-order valence-corrected chi connectivity index (χ3v) is 3.68. The first-order chi connectivity index (χ1) is 11.8. The van der Waals surface area contributed by atoms with E-state index in [2.05, 4.69) is 0 Å². The van der Waals surface area contributed by atoms with Crippen LogP contribution in [0, 0.1) is 11.2 Å². The summed E-state index contributed by atoms with van der Waals surface area (Å²) in [5, 5.41) is 0.638. The summed E-state index contributed by atoms with van der Waals surface area (Å²) >= 11 is 0. The van der Waals surface area contributed by atoms with E-state index in [4.69, 9.17) is 9.47 Å². The molecular weight excluding hydrogens is 325 g/mol. The highest BCUT2D eigenvalue weighted by Gasteiger charge is 2.23. The number of carbonyl (C=O) groups excluding carboxylic acids is 1. The van der Waals surface area contributed by atoms with Crippen LogP contribution in [0.1, 0.15) is 40.5 Å². The van der Waals surface area contributed by atoms with Gasteiger partial charge in [-0.2, -0.15) is 0 Å². The van der Waals surface area contributed by atoms with Crippen molar-refractivity contribution in [2.75, 3.05) is 6.61 Å². The van der Waals surface area contributed by atoms with Crippen molar-refractivity contribution >= 4 is 17.2 Å². The molecule has 1 aromatic heterocycles. The lowest BCUT2D eigenvalue weighted by Gasteiger charge is -2.24. The Balaban J connectivity index is 2.78. The maximum atomic E-state index is 13.8. The van der Waals surface area contributed by atoms with Gasteiger partial charge < -0.3 is 9.47 Å². The van der Waals surface area contributed by atoms with E-state index in [1.54, 1.807) is 0 Å². The van der Waals surface area contributed by atoms with Crippen LogP contribution >= 0.6 is 0 Å². The molecule has 0 radical (unpaired) electrons. The maximum absolute atomic E-state index is 13.8. The van der Waals surface area contributed by atoms with Gasteiger partial charge in [-0.3, -0.25) is 14.2 Å². The summed E-state index contributed by atoms with van der Waals surface area (Å²) in [5.41, 5.74) is -0.580. The Bertz CT molecular complexity index is 821. The lowest BCUT2D eigenvalue weighted by molar-refractivity contribution is -0.121. The fourth-order valence-corrected chi connectivity index (χ4v) is 2.60. The van der Waals surface area contributed by atoms with Gasteiger partial charge in [0.05, 0.1) is 12.0 Å². The topological polar surface area (TPSA) is 57.5 Å². The average Bonchev–Trinajstić information content (AvgIpc) is 2.53. The van der Waals surface area contributed by atoms with Crippen LogP contribution in [0.5, 0.6) is 11.6 Å². The third kappa shape index (κ3) is 4.38. The van der Waals surface area contributed by atoms with Crippen molar-refractivity contribution in [2.45, 2.75) is 47.1 Å². The number of pyridine rings is 1. The van der Waals surface area contributed by atoms with Crippen LogP contribution < -0.4 is 15.0 Å². The van der Waals surface area contributed by atoms with E-state index in [-0.39, 0.29) is 29.1 Å². The number of benzene rings is 1. The highest BCUT2D eigenvalue weighted by Crippen LogP contribution is 2.35. The smallest absolute Gasteiger partial charge is 0.299 e. The van der Waals surface area contributed by atoms with Crippen molar-refractivity contribution in [3.63, 3.8) is 0 Å². The second-order valence-electron chi connectivity index (χ2n) is 7.19. The molecule has 2 rings (SSSR count). The van der Waals surface area contributed by atoms with Crippen LogP contribution in [0.15, 0.2) is 23.0 Å². The molecule has 2 aromatic rings. The molecule has 5 nitrogen and oxygen atoms in total. The van der Waals surface area contributed by atoms with E-state index in [0.29, 0.717) is 23.9 Å². The zero-order chi connectivity index (χ0) is 18.6. The lowest BCUT2D eigenvalue weighted by atomic mass is 9.96. The molecule has 0 aliphatic heterocycles. The summed E-state index contributed by atoms with van der Waals surface area (Å²) < 4.78 is 26.0. The van der Waals surface area contributed by atoms with E-state index >= 15 is 0 Å². The van der Waals surface area contributed by atoms with Gasteiger partial charge in [0.15, 0.2) is 5.75 Å². The van der Waals surface area contributed by atoms with E-state index in [9.17, 15) is 14.0 Å². The zero-order valence-electron chi connectivity index (χ0n) is 15.1. The predicted octanol–water partition coefficient (Wildman–Crippen LogP) is 3.90. The van der Waals surface area contributed by atoms with E-state index in [1.807, 2.05) is 27.7 Å². The standard InChI is InChI=1S/C19H24FNO4/c1-5-6-9-24-16-15-10-13(20)7-8-14(15)17(23)21(11-19(2,3)4)18(16)25-12-22/h7-8,10,12H,5-6,9,11H2,1-4H3. The summed E-state index contributed by atoms with van der Waals surface area (Å²) in [4.78, 5) is 23.9. The SMILES string of the molecule is CCCCOc1c(OC=O)n(CC(C)(C)C)c(=O)c2ccc(F)cc12. The highest BCUT2D eigenvalue weighted by molar-refractivity contribution is 5.89. The first-order valence-electron chi connectivity index (χ1n) is 8.37. The molecule has 0 unspecified atom stereocenters. The largest absolute Gasteiger partial charge is 0.487 e. The van der Waals surface area contributed by atoms with Gasteiger partial charge in [0.1, 0.15) is 5.82 Å². The second kappa shape index (κ2) is 7.68. The van der Waals surface area contributed by atoms with Crippen molar-refractivity contribution in [3.8, 4) is 11.6 Å². The van der Waals surface area contributed by atoms with Gasteiger partial charge in [0.25, 0.3) is 12.0 Å². The Morgan fingerprint density at radius 1 is 1.24 bits per heavy atom. The van der Waals surface area contributed by atoms with Crippen molar-refractivity contribution in [1.29, 1.82) is 0 Å². The van der Waals surface area contributed by atoms with Crippen LogP contribution in [0.4, 0.5) is 4.39 Å². The van der Waals surface area contributed by atoms with E-state index in [0.717, 1.165) is 12.8 Å². The summed E-state index contributed by atoms with van der Waals surface area (Å²) in [7, 11) is 0. The van der Waals surface area contributed by atoms with Crippen molar-refractivity contribution < 1.29 is 18.7 Å². The molecule has 0 fully saturated rings. The fraction of sp³-hybridized carbons (Fsp3) is 0.474. The Labute approximate surface area is 146 Å². The minimum absolute atomic E-state index is 0.0177. The number of aromatic nitrogens is 1. The fourth-order valence-electron chi connectivity index (χ4n) is 2.60. The molecule has 0 saturated heterocycles. The lowest BCUT2D eigenvalue weighted by Crippen LogP contribution is -2.29. The highest BCUT2D eigenvalue weighted by atomic mass is 19.1. The molecule has 1 aromatic carbocycles. The molecule has 0 amide bonds. The maximum Gasteiger partial charge on any atom is 0.299 e. The number of nitrogens with zero attached hydrogens (tertiary/aromatic N) is 1. The van der Waals surface area contributed by atoms with E-state index in [1.165, 1.54) is 22.8 Å². The Morgan fingerprint density at radius 3 is 2.56 bits per heavy atom. The summed E-state index contributed by atoms with van der Waals surface area (Å²) in [6.07, 6.45) is 1.70. The number of hydrogen-bond acceptors (Lipinski definition) is 4. The van der Waals surface area contributed by atoms with Crippen molar-refractivity contribution in [3.05, 3.63) is 34.4 Å². The summed E-state index contributed by atoms with van der Waals surface area (Å²) in [6, 6.07) is 3.90. The number of unbranched alkanes of at least 4 members (excludes halogenated alkanes) is 1. The zero-order valence-corrected chi connectivity index (χ0v) is 15.1. The van der Waals surface area contributed by atoms with Crippen molar-refractivity contribution in [2.24, 2.45) is 5.41 Å². The monoisotopic (exact) mass is 349 g/mol. The number of hydrogen-bond donors (Lipinski definition) is 0. The van der Waals surface area contributed by atoms with E-state index < -0.39 is 5.82 Å². The Morgan fingerprint density at radius 2 is 1.96 bits per heavy atom. The number of fused-ring (bicyclic) bond motifs is 1. The number of carbonyl (C=O) groups is 1. The minimum Gasteiger partial charge on any atom is -0.487 e. The van der Waals surface area contributed by atoms with Gasteiger partial charge in [-0.15, -0.1) is 0 Å². The number of halogens is 1. The minimum atomic E-state index is -0.488. The van der Waals surface area contributed by atoms with Gasteiger partial charge in [-0.1, -0.05) is 34.1 Å². The van der Waals surface area contributed by atoms with Crippen molar-refractivity contribution in [1.82, 2.24) is 4.57 Å². The van der Waals surface area contributed by atoms with Crippen LogP contribution in [-0.4, -0.2) is 17.6 Å². The van der Waals surface area contributed by atoms with Crippen LogP contribution in [-0.2, 0) is 11.3 Å². The number of ether oxygens (including phenoxy) is 2. The summed E-state index contributed by atoms with van der Waals surface area (Å²) in [6.45, 7) is 8.89. The van der Waals surface area contributed by atoms with Crippen LogP contribution in [0.3, 0.4) is 0 Å². The second-order valence-corrected chi connectivity index (χ2v) is 7.19. The molecule has 0 spiro atoms. The summed E-state index contributed by atoms with van der Waals surface area (Å²) in [5.74, 6) is -0.249. The molecule has 6 heteroatoms. The molecule has 136 valence electrons. The normalized spacial score (nSPS) is 11.6. The Hall–Kier alpha value is -2.37. The molecule has 1 heterocycles. The molecule has 0 N–H and O–H groups in total. The quantitative estimate of drug-likeness (QED) is 0.562. The van der Waals surface area contributed by atoms with Crippen LogP contribution in [0.2, 0.25) is 0 Å². The van der Waals surface area contributed by atoms with Gasteiger partial charge >= 0.3 is 0 Å². The molecule has 25 heavy (non-hydrogen) atoms. The predicted molar refractivity (Wildman–Crippen MR) is 94.7 cm³/mol.